The Labute approximate surface area is 213 Å². The number of anilines is 1. The first-order valence-corrected chi connectivity index (χ1v) is 12.9. The van der Waals surface area contributed by atoms with Gasteiger partial charge in [0.15, 0.2) is 11.4 Å². The second-order valence-corrected chi connectivity index (χ2v) is 10.7. The molecule has 0 bridgehead atoms. The van der Waals surface area contributed by atoms with E-state index < -0.39 is 0 Å². The van der Waals surface area contributed by atoms with Crippen molar-refractivity contribution in [1.82, 2.24) is 19.5 Å². The molecule has 0 saturated carbocycles. The van der Waals surface area contributed by atoms with Crippen LogP contribution in [0.25, 0.3) is 5.65 Å². The van der Waals surface area contributed by atoms with E-state index in [1.165, 1.54) is 11.1 Å². The van der Waals surface area contributed by atoms with Crippen molar-refractivity contribution in [3.8, 4) is 0 Å². The maximum Gasteiger partial charge on any atom is 0.168 e. The fraction of sp³-hybridized carbons (Fsp3) is 0.367. The molecule has 6 nitrogen and oxygen atoms in total. The topological polar surface area (TPSA) is 53.7 Å². The molecule has 0 atom stereocenters. The molecule has 4 aromatic rings. The van der Waals surface area contributed by atoms with E-state index in [-0.39, 0.29) is 17.6 Å². The summed E-state index contributed by atoms with van der Waals surface area (Å²) in [6.45, 7) is 11.5. The lowest BCUT2D eigenvalue weighted by atomic mass is 9.86. The summed E-state index contributed by atoms with van der Waals surface area (Å²) < 4.78 is 1.89. The number of nitrogens with zero attached hydrogens (tertiary/aromatic N) is 5. The molecule has 36 heavy (non-hydrogen) atoms. The number of fused-ring (bicyclic) bond motifs is 1. The SMILES string of the molecule is CC(C)(C)c1ccc(C(=O)Cc2cc(N3CCN(CCc4ccccc4)CC3)n3nccc3n2)cc1. The number of benzene rings is 2. The normalized spacial score (nSPS) is 14.9. The van der Waals surface area contributed by atoms with Crippen LogP contribution in [0.5, 0.6) is 0 Å². The molecule has 6 heteroatoms. The van der Waals surface area contributed by atoms with Gasteiger partial charge in [0.1, 0.15) is 5.82 Å². The maximum absolute atomic E-state index is 13.1. The van der Waals surface area contributed by atoms with Gasteiger partial charge in [-0.25, -0.2) is 4.98 Å². The lowest BCUT2D eigenvalue weighted by Crippen LogP contribution is -2.47. The Bertz CT molecular complexity index is 1310. The minimum absolute atomic E-state index is 0.0661. The number of piperazine rings is 1. The highest BCUT2D eigenvalue weighted by molar-refractivity contribution is 5.97. The van der Waals surface area contributed by atoms with Crippen molar-refractivity contribution in [2.45, 2.75) is 39.0 Å². The van der Waals surface area contributed by atoms with Gasteiger partial charge in [-0.05, 0) is 23.0 Å². The Morgan fingerprint density at radius 2 is 1.64 bits per heavy atom. The number of rotatable bonds is 7. The van der Waals surface area contributed by atoms with E-state index in [0.717, 1.165) is 61.9 Å². The minimum Gasteiger partial charge on any atom is -0.354 e. The molecule has 0 amide bonds. The highest BCUT2D eigenvalue weighted by Crippen LogP contribution is 2.23. The summed E-state index contributed by atoms with van der Waals surface area (Å²) in [6.07, 6.45) is 3.13. The molecule has 5 rings (SSSR count). The largest absolute Gasteiger partial charge is 0.354 e. The quantitative estimate of drug-likeness (QED) is 0.354. The van der Waals surface area contributed by atoms with Gasteiger partial charge >= 0.3 is 0 Å². The number of ketones is 1. The molecule has 0 spiro atoms. The fourth-order valence-electron chi connectivity index (χ4n) is 4.82. The van der Waals surface area contributed by atoms with Gasteiger partial charge in [0.25, 0.3) is 0 Å². The predicted molar refractivity (Wildman–Crippen MR) is 145 cm³/mol. The van der Waals surface area contributed by atoms with Crippen molar-refractivity contribution < 1.29 is 4.79 Å². The van der Waals surface area contributed by atoms with Gasteiger partial charge in [-0.1, -0.05) is 75.4 Å². The monoisotopic (exact) mass is 481 g/mol. The number of aromatic nitrogens is 3. The smallest absolute Gasteiger partial charge is 0.168 e. The van der Waals surface area contributed by atoms with E-state index in [1.54, 1.807) is 6.20 Å². The molecule has 1 fully saturated rings. The molecule has 0 aliphatic carbocycles. The van der Waals surface area contributed by atoms with Crippen LogP contribution in [-0.4, -0.2) is 58.0 Å². The summed E-state index contributed by atoms with van der Waals surface area (Å²) in [6, 6.07) is 22.6. The number of carbonyl (C=O) groups excluding carboxylic acids is 1. The van der Waals surface area contributed by atoms with Crippen molar-refractivity contribution in [3.63, 3.8) is 0 Å². The van der Waals surface area contributed by atoms with Crippen LogP contribution in [0.1, 0.15) is 48.0 Å². The molecule has 2 aromatic heterocycles. The van der Waals surface area contributed by atoms with Crippen molar-refractivity contribution in [3.05, 3.63) is 95.3 Å². The summed E-state index contributed by atoms with van der Waals surface area (Å²) in [4.78, 5) is 22.7. The van der Waals surface area contributed by atoms with Crippen LogP contribution in [0.4, 0.5) is 5.82 Å². The third-order valence-corrected chi connectivity index (χ3v) is 7.06. The van der Waals surface area contributed by atoms with Crippen LogP contribution in [0.3, 0.4) is 0 Å². The molecule has 186 valence electrons. The van der Waals surface area contributed by atoms with Crippen molar-refractivity contribution in [2.24, 2.45) is 0 Å². The average Bonchev–Trinajstić information content (AvgIpc) is 3.36. The molecule has 3 heterocycles. The van der Waals surface area contributed by atoms with Gasteiger partial charge in [0.2, 0.25) is 0 Å². The lowest BCUT2D eigenvalue weighted by Gasteiger charge is -2.36. The Kier molecular flexibility index (Phi) is 6.88. The number of hydrogen-bond donors (Lipinski definition) is 0. The average molecular weight is 482 g/mol. The second-order valence-electron chi connectivity index (χ2n) is 10.7. The Balaban J connectivity index is 1.27. The van der Waals surface area contributed by atoms with Gasteiger partial charge < -0.3 is 4.90 Å². The number of carbonyl (C=O) groups is 1. The highest BCUT2D eigenvalue weighted by atomic mass is 16.1. The molecule has 1 aliphatic rings. The first-order chi connectivity index (χ1) is 17.4. The molecular weight excluding hydrogens is 446 g/mol. The van der Waals surface area contributed by atoms with Crippen molar-refractivity contribution in [2.75, 3.05) is 37.6 Å². The Morgan fingerprint density at radius 3 is 2.33 bits per heavy atom. The summed E-state index contributed by atoms with van der Waals surface area (Å²) in [7, 11) is 0. The molecule has 1 saturated heterocycles. The first kappa shape index (κ1) is 24.2. The first-order valence-electron chi connectivity index (χ1n) is 12.9. The van der Waals surface area contributed by atoms with Crippen molar-refractivity contribution in [1.29, 1.82) is 0 Å². The zero-order valence-corrected chi connectivity index (χ0v) is 21.5. The molecule has 0 N–H and O–H groups in total. The molecule has 1 aliphatic heterocycles. The number of Topliss-reactive ketones (excluding diaryl/α,β-unsaturated/α-hetero) is 1. The summed E-state index contributed by atoms with van der Waals surface area (Å²) >= 11 is 0. The standard InChI is InChI=1S/C30H35N5O/c1-30(2,3)25-11-9-24(10-12-25)27(36)21-26-22-29(35-28(32-26)13-15-31-35)34-19-17-33(18-20-34)16-14-23-7-5-4-6-8-23/h4-13,15,22H,14,16-21H2,1-3H3. The van der Waals surface area contributed by atoms with Crippen LogP contribution >= 0.6 is 0 Å². The third kappa shape index (κ3) is 5.49. The zero-order valence-electron chi connectivity index (χ0n) is 21.5. The van der Waals surface area contributed by atoms with Gasteiger partial charge in [0.05, 0.1) is 18.3 Å². The Morgan fingerprint density at radius 1 is 0.917 bits per heavy atom. The molecule has 0 radical (unpaired) electrons. The zero-order chi connectivity index (χ0) is 25.1. The summed E-state index contributed by atoms with van der Waals surface area (Å²) in [5.74, 6) is 1.10. The van der Waals surface area contributed by atoms with Crippen molar-refractivity contribution >= 4 is 17.2 Å². The van der Waals surface area contributed by atoms with E-state index in [4.69, 9.17) is 4.98 Å². The minimum atomic E-state index is 0.0661. The molecule has 2 aromatic carbocycles. The fourth-order valence-corrected chi connectivity index (χ4v) is 4.82. The van der Waals surface area contributed by atoms with E-state index in [9.17, 15) is 4.79 Å². The van der Waals surface area contributed by atoms with Crippen LogP contribution in [0.15, 0.2) is 72.9 Å². The van der Waals surface area contributed by atoms with E-state index >= 15 is 0 Å². The lowest BCUT2D eigenvalue weighted by molar-refractivity contribution is 0.0992. The number of hydrogen-bond acceptors (Lipinski definition) is 5. The summed E-state index contributed by atoms with van der Waals surface area (Å²) in [5.41, 5.74) is 4.97. The second kappa shape index (κ2) is 10.2. The van der Waals surface area contributed by atoms with E-state index in [0.29, 0.717) is 0 Å². The summed E-state index contributed by atoms with van der Waals surface area (Å²) in [5, 5.41) is 4.51. The van der Waals surface area contributed by atoms with Crippen LogP contribution in [0, 0.1) is 0 Å². The van der Waals surface area contributed by atoms with Crippen LogP contribution < -0.4 is 4.90 Å². The predicted octanol–water partition coefficient (Wildman–Crippen LogP) is 4.82. The molecule has 0 unspecified atom stereocenters. The van der Waals surface area contributed by atoms with Gasteiger partial charge in [0, 0.05) is 50.4 Å². The third-order valence-electron chi connectivity index (χ3n) is 7.06. The maximum atomic E-state index is 13.1. The van der Waals surface area contributed by atoms with Gasteiger partial charge in [-0.2, -0.15) is 9.61 Å². The van der Waals surface area contributed by atoms with Gasteiger partial charge in [-0.3, -0.25) is 9.69 Å². The van der Waals surface area contributed by atoms with Gasteiger partial charge in [-0.15, -0.1) is 0 Å². The van der Waals surface area contributed by atoms with Crippen LogP contribution in [0.2, 0.25) is 0 Å². The van der Waals surface area contributed by atoms with E-state index in [1.807, 2.05) is 28.8 Å². The van der Waals surface area contributed by atoms with E-state index in [2.05, 4.69) is 78.1 Å². The van der Waals surface area contributed by atoms with Crippen LogP contribution in [-0.2, 0) is 18.3 Å². The highest BCUT2D eigenvalue weighted by Gasteiger charge is 2.21. The molecular formula is C30H35N5O. The Hall–Kier alpha value is -3.51.